The zero-order valence-electron chi connectivity index (χ0n) is 18.4. The summed E-state index contributed by atoms with van der Waals surface area (Å²) in [6.07, 6.45) is 0.618. The second-order valence-electron chi connectivity index (χ2n) is 7.90. The number of hydrogen-bond donors (Lipinski definition) is 0. The molecule has 1 aromatic heterocycles. The molecule has 0 N–H and O–H groups in total. The van der Waals surface area contributed by atoms with Crippen molar-refractivity contribution < 1.29 is 9.47 Å². The molecule has 0 aliphatic carbocycles. The molecule has 166 valence electrons. The van der Waals surface area contributed by atoms with E-state index in [1.54, 1.807) is 0 Å². The average molecular weight is 469 g/mol. The van der Waals surface area contributed by atoms with Crippen LogP contribution < -0.4 is 9.47 Å². The highest BCUT2D eigenvalue weighted by Crippen LogP contribution is 2.28. The number of aromatic nitrogens is 2. The van der Waals surface area contributed by atoms with Gasteiger partial charge >= 0.3 is 0 Å². The van der Waals surface area contributed by atoms with E-state index in [0.717, 1.165) is 57.5 Å². The highest BCUT2D eigenvalue weighted by molar-refractivity contribution is 6.32. The fourth-order valence-corrected chi connectivity index (χ4v) is 4.05. The Bertz CT molecular complexity index is 1200. The largest absolute Gasteiger partial charge is 0.494 e. The molecular formula is C26H26Cl2N2O2. The molecule has 0 bridgehead atoms. The van der Waals surface area contributed by atoms with Gasteiger partial charge < -0.3 is 14.0 Å². The molecule has 1 atom stereocenters. The lowest BCUT2D eigenvalue weighted by Crippen LogP contribution is -2.13. The zero-order chi connectivity index (χ0) is 22.7. The molecule has 3 aromatic carbocycles. The standard InChI is InChI=1S/C26H26Cl2N2O2/c1-17-15-22(16-18(2)25(17)28)31-14-6-13-30-24-8-5-4-7-23(24)29-26(30)19(3)32-21-11-9-20(27)10-12-21/h4-5,7-12,15-16,19H,6,13-14H2,1-3H3. The van der Waals surface area contributed by atoms with Gasteiger partial charge in [0.1, 0.15) is 11.5 Å². The minimum Gasteiger partial charge on any atom is -0.494 e. The zero-order valence-corrected chi connectivity index (χ0v) is 20.0. The van der Waals surface area contributed by atoms with Crippen LogP contribution in [-0.2, 0) is 6.54 Å². The summed E-state index contributed by atoms with van der Waals surface area (Å²) in [5, 5.41) is 1.48. The van der Waals surface area contributed by atoms with Crippen LogP contribution in [0.5, 0.6) is 11.5 Å². The first-order chi connectivity index (χ1) is 15.4. The average Bonchev–Trinajstić information content (AvgIpc) is 3.15. The lowest BCUT2D eigenvalue weighted by atomic mass is 10.1. The Kier molecular flexibility index (Phi) is 6.92. The maximum absolute atomic E-state index is 6.26. The van der Waals surface area contributed by atoms with E-state index in [0.29, 0.717) is 11.6 Å². The van der Waals surface area contributed by atoms with Crippen molar-refractivity contribution >= 4 is 34.2 Å². The molecule has 0 amide bonds. The molecule has 0 aliphatic heterocycles. The summed E-state index contributed by atoms with van der Waals surface area (Å²) in [6, 6.07) is 19.5. The summed E-state index contributed by atoms with van der Waals surface area (Å²) in [6.45, 7) is 7.37. The quantitative estimate of drug-likeness (QED) is 0.250. The molecule has 4 aromatic rings. The van der Waals surface area contributed by atoms with Crippen molar-refractivity contribution in [3.05, 3.63) is 87.7 Å². The van der Waals surface area contributed by atoms with Gasteiger partial charge in [-0.2, -0.15) is 0 Å². The van der Waals surface area contributed by atoms with Crippen LogP contribution in [0.3, 0.4) is 0 Å². The molecular weight excluding hydrogens is 443 g/mol. The second-order valence-corrected chi connectivity index (χ2v) is 8.71. The lowest BCUT2D eigenvalue weighted by Gasteiger charge is -2.17. The lowest BCUT2D eigenvalue weighted by molar-refractivity contribution is 0.210. The van der Waals surface area contributed by atoms with E-state index in [1.807, 2.05) is 75.4 Å². The summed E-state index contributed by atoms with van der Waals surface area (Å²) in [5.41, 5.74) is 4.10. The predicted octanol–water partition coefficient (Wildman–Crippen LogP) is 7.57. The topological polar surface area (TPSA) is 36.3 Å². The van der Waals surface area contributed by atoms with Crippen LogP contribution in [-0.4, -0.2) is 16.2 Å². The number of ether oxygens (including phenoxy) is 2. The van der Waals surface area contributed by atoms with E-state index in [4.69, 9.17) is 37.7 Å². The summed E-state index contributed by atoms with van der Waals surface area (Å²) in [7, 11) is 0. The van der Waals surface area contributed by atoms with E-state index in [9.17, 15) is 0 Å². The number of hydrogen-bond acceptors (Lipinski definition) is 3. The van der Waals surface area contributed by atoms with Gasteiger partial charge in [0.2, 0.25) is 0 Å². The molecule has 0 aliphatic rings. The van der Waals surface area contributed by atoms with Gasteiger partial charge in [-0.1, -0.05) is 35.3 Å². The van der Waals surface area contributed by atoms with E-state index < -0.39 is 0 Å². The smallest absolute Gasteiger partial charge is 0.153 e. The second kappa shape index (κ2) is 9.85. The third-order valence-electron chi connectivity index (χ3n) is 5.38. The van der Waals surface area contributed by atoms with Crippen molar-refractivity contribution in [2.75, 3.05) is 6.61 Å². The van der Waals surface area contributed by atoms with E-state index in [1.165, 1.54) is 0 Å². The summed E-state index contributed by atoms with van der Waals surface area (Å²) in [4.78, 5) is 4.85. The van der Waals surface area contributed by atoms with Crippen molar-refractivity contribution in [3.8, 4) is 11.5 Å². The third kappa shape index (κ3) is 5.03. The Hall–Kier alpha value is -2.69. The van der Waals surface area contributed by atoms with Gasteiger partial charge in [0.25, 0.3) is 0 Å². The van der Waals surface area contributed by atoms with Gasteiger partial charge in [-0.15, -0.1) is 0 Å². The first-order valence-corrected chi connectivity index (χ1v) is 11.4. The Morgan fingerprint density at radius 3 is 2.34 bits per heavy atom. The number of rotatable bonds is 8. The van der Waals surface area contributed by atoms with Crippen LogP contribution in [0.15, 0.2) is 60.7 Å². The molecule has 0 fully saturated rings. The molecule has 1 heterocycles. The molecule has 0 radical (unpaired) electrons. The van der Waals surface area contributed by atoms with Crippen molar-refractivity contribution in [1.29, 1.82) is 0 Å². The molecule has 4 nitrogen and oxygen atoms in total. The van der Waals surface area contributed by atoms with Gasteiger partial charge in [-0.25, -0.2) is 4.98 Å². The Balaban J connectivity index is 1.48. The van der Waals surface area contributed by atoms with E-state index in [-0.39, 0.29) is 6.10 Å². The first-order valence-electron chi connectivity index (χ1n) is 10.7. The summed E-state index contributed by atoms with van der Waals surface area (Å²) in [5.74, 6) is 2.50. The SMILES string of the molecule is Cc1cc(OCCCn2c(C(C)Oc3ccc(Cl)cc3)nc3ccccc32)cc(C)c1Cl. The van der Waals surface area contributed by atoms with Crippen LogP contribution in [0.25, 0.3) is 11.0 Å². The maximum atomic E-state index is 6.26. The highest BCUT2D eigenvalue weighted by Gasteiger charge is 2.18. The monoisotopic (exact) mass is 468 g/mol. The van der Waals surface area contributed by atoms with Gasteiger partial charge in [0.05, 0.1) is 17.6 Å². The van der Waals surface area contributed by atoms with Crippen LogP contribution in [0.1, 0.15) is 36.4 Å². The van der Waals surface area contributed by atoms with Crippen molar-refractivity contribution in [3.63, 3.8) is 0 Å². The molecule has 6 heteroatoms. The fourth-order valence-electron chi connectivity index (χ4n) is 3.81. The van der Waals surface area contributed by atoms with E-state index >= 15 is 0 Å². The number of para-hydroxylation sites is 2. The van der Waals surface area contributed by atoms with E-state index in [2.05, 4.69) is 10.6 Å². The van der Waals surface area contributed by atoms with Crippen molar-refractivity contribution in [2.24, 2.45) is 0 Å². The number of imidazole rings is 1. The van der Waals surface area contributed by atoms with Gasteiger partial charge in [0.15, 0.2) is 11.9 Å². The normalized spacial score (nSPS) is 12.2. The molecule has 32 heavy (non-hydrogen) atoms. The van der Waals surface area contributed by atoms with Gasteiger partial charge in [-0.3, -0.25) is 0 Å². The molecule has 1 unspecified atom stereocenters. The van der Waals surface area contributed by atoms with Crippen molar-refractivity contribution in [2.45, 2.75) is 39.8 Å². The van der Waals surface area contributed by atoms with Gasteiger partial charge in [-0.05, 0) is 86.8 Å². The molecule has 0 saturated carbocycles. The fraction of sp³-hybridized carbons (Fsp3) is 0.269. The maximum Gasteiger partial charge on any atom is 0.153 e. The number of fused-ring (bicyclic) bond motifs is 1. The summed E-state index contributed by atoms with van der Waals surface area (Å²) >= 11 is 12.3. The predicted molar refractivity (Wildman–Crippen MR) is 131 cm³/mol. The van der Waals surface area contributed by atoms with Crippen LogP contribution >= 0.6 is 23.2 Å². The number of nitrogens with zero attached hydrogens (tertiary/aromatic N) is 2. The van der Waals surface area contributed by atoms with Crippen molar-refractivity contribution in [1.82, 2.24) is 9.55 Å². The van der Waals surface area contributed by atoms with Crippen LogP contribution in [0, 0.1) is 13.8 Å². The Morgan fingerprint density at radius 2 is 1.62 bits per heavy atom. The minimum absolute atomic E-state index is 0.217. The highest BCUT2D eigenvalue weighted by atomic mass is 35.5. The number of halogens is 2. The Labute approximate surface area is 198 Å². The first kappa shape index (κ1) is 22.5. The van der Waals surface area contributed by atoms with Gasteiger partial charge in [0, 0.05) is 16.6 Å². The van der Waals surface area contributed by atoms with Crippen LogP contribution in [0.2, 0.25) is 10.0 Å². The minimum atomic E-state index is -0.217. The molecule has 0 spiro atoms. The third-order valence-corrected chi connectivity index (χ3v) is 6.23. The Morgan fingerprint density at radius 1 is 0.938 bits per heavy atom. The number of aryl methyl sites for hydroxylation is 3. The van der Waals surface area contributed by atoms with Crippen LogP contribution in [0.4, 0.5) is 0 Å². The molecule has 4 rings (SSSR count). The molecule has 0 saturated heterocycles. The summed E-state index contributed by atoms with van der Waals surface area (Å²) < 4.78 is 14.4. The number of benzene rings is 3.